The minimum Gasteiger partial charge on any atom is -0.481 e. The number of hydrogen-bond donors (Lipinski definition) is 1. The van der Waals surface area contributed by atoms with Gasteiger partial charge in [-0.3, -0.25) is 14.8 Å². The minimum absolute atomic E-state index is 0.264. The first-order chi connectivity index (χ1) is 13.9. The second-order valence-electron chi connectivity index (χ2n) is 7.36. The van der Waals surface area contributed by atoms with Gasteiger partial charge in [0.15, 0.2) is 0 Å². The number of anilines is 1. The molecular formula is C21H20BrFN4O2. The van der Waals surface area contributed by atoms with Crippen molar-refractivity contribution < 1.29 is 13.9 Å². The van der Waals surface area contributed by atoms with Crippen LogP contribution < -0.4 is 9.64 Å². The minimum atomic E-state index is -0.644. The number of methoxy groups -OCH3 is 1. The topological polar surface area (TPSA) is 71.1 Å². The SMILES string of the molecule is COc1cc(N2C(=O)c3[nH]nc(CC(C)C)c3C2c2cc(Br)ccc2F)ccn1. The second-order valence-corrected chi connectivity index (χ2v) is 8.27. The lowest BCUT2D eigenvalue weighted by Gasteiger charge is -2.27. The normalized spacial score (nSPS) is 15.9. The summed E-state index contributed by atoms with van der Waals surface area (Å²) in [6, 6.07) is 7.48. The van der Waals surface area contributed by atoms with E-state index in [1.165, 1.54) is 13.2 Å². The fourth-order valence-electron chi connectivity index (χ4n) is 3.70. The fourth-order valence-corrected chi connectivity index (χ4v) is 4.08. The molecule has 0 saturated heterocycles. The number of fused-ring (bicyclic) bond motifs is 1. The quantitative estimate of drug-likeness (QED) is 0.603. The molecule has 0 aliphatic carbocycles. The standard InChI is InChI=1S/C21H20BrFN4O2/c1-11(2)8-16-18-19(26-25-16)21(28)27(13-6-7-24-17(10-13)29-3)20(18)14-9-12(22)4-5-15(14)23/h4-7,9-11,20H,8H2,1-3H3,(H,25,26). The maximum Gasteiger partial charge on any atom is 0.277 e. The number of nitrogens with one attached hydrogen (secondary N) is 1. The van der Waals surface area contributed by atoms with Crippen LogP contribution in [-0.4, -0.2) is 28.2 Å². The van der Waals surface area contributed by atoms with Crippen molar-refractivity contribution in [3.63, 3.8) is 0 Å². The van der Waals surface area contributed by atoms with Crippen LogP contribution >= 0.6 is 15.9 Å². The second kappa shape index (κ2) is 7.59. The zero-order valence-corrected chi connectivity index (χ0v) is 17.8. The molecule has 1 amide bonds. The highest BCUT2D eigenvalue weighted by Gasteiger charge is 2.44. The molecule has 0 saturated carbocycles. The molecule has 3 aromatic rings. The number of H-pyrrole nitrogens is 1. The number of hydrogen-bond acceptors (Lipinski definition) is 4. The number of carbonyl (C=O) groups excluding carboxylic acids is 1. The highest BCUT2D eigenvalue weighted by atomic mass is 79.9. The van der Waals surface area contributed by atoms with Crippen LogP contribution in [0.4, 0.5) is 10.1 Å². The summed E-state index contributed by atoms with van der Waals surface area (Å²) in [6.07, 6.45) is 2.24. The molecule has 2 aromatic heterocycles. The predicted octanol–water partition coefficient (Wildman–Crippen LogP) is 4.66. The van der Waals surface area contributed by atoms with Gasteiger partial charge in [0.1, 0.15) is 11.5 Å². The smallest absolute Gasteiger partial charge is 0.277 e. The number of ether oxygens (including phenoxy) is 1. The molecule has 0 bridgehead atoms. The van der Waals surface area contributed by atoms with Crippen LogP contribution in [0, 0.1) is 11.7 Å². The van der Waals surface area contributed by atoms with Gasteiger partial charge in [-0.15, -0.1) is 0 Å². The third-order valence-corrected chi connectivity index (χ3v) is 5.40. The van der Waals surface area contributed by atoms with E-state index in [0.717, 1.165) is 15.7 Å². The number of halogens is 2. The van der Waals surface area contributed by atoms with Crippen LogP contribution in [0.25, 0.3) is 0 Å². The van der Waals surface area contributed by atoms with Gasteiger partial charge in [0.05, 0.1) is 24.5 Å². The van der Waals surface area contributed by atoms with Gasteiger partial charge in [-0.25, -0.2) is 9.37 Å². The Balaban J connectivity index is 1.93. The molecule has 0 spiro atoms. The molecular weight excluding hydrogens is 439 g/mol. The molecule has 1 unspecified atom stereocenters. The van der Waals surface area contributed by atoms with E-state index in [-0.39, 0.29) is 11.7 Å². The monoisotopic (exact) mass is 458 g/mol. The number of pyridine rings is 1. The molecule has 0 fully saturated rings. The van der Waals surface area contributed by atoms with Crippen molar-refractivity contribution in [2.45, 2.75) is 26.3 Å². The number of aromatic amines is 1. The zero-order chi connectivity index (χ0) is 20.7. The Bertz CT molecular complexity index is 1080. The number of carbonyl (C=O) groups is 1. The summed E-state index contributed by atoms with van der Waals surface area (Å²) in [5.41, 5.74) is 2.86. The fraction of sp³-hybridized carbons (Fsp3) is 0.286. The van der Waals surface area contributed by atoms with Gasteiger partial charge in [0, 0.05) is 27.9 Å². The van der Waals surface area contributed by atoms with Gasteiger partial charge in [-0.1, -0.05) is 29.8 Å². The lowest BCUT2D eigenvalue weighted by Crippen LogP contribution is -2.30. The van der Waals surface area contributed by atoms with Crippen molar-refractivity contribution >= 4 is 27.5 Å². The molecule has 1 aliphatic rings. The number of rotatable bonds is 5. The van der Waals surface area contributed by atoms with E-state index in [4.69, 9.17) is 4.74 Å². The summed E-state index contributed by atoms with van der Waals surface area (Å²) < 4.78 is 20.9. The Morgan fingerprint density at radius 2 is 2.10 bits per heavy atom. The van der Waals surface area contributed by atoms with E-state index in [1.807, 2.05) is 0 Å². The van der Waals surface area contributed by atoms with E-state index < -0.39 is 6.04 Å². The van der Waals surface area contributed by atoms with Crippen LogP contribution in [0.5, 0.6) is 5.88 Å². The van der Waals surface area contributed by atoms with E-state index in [0.29, 0.717) is 35.2 Å². The predicted molar refractivity (Wildman–Crippen MR) is 111 cm³/mol. The van der Waals surface area contributed by atoms with E-state index >= 15 is 0 Å². The summed E-state index contributed by atoms with van der Waals surface area (Å²) in [4.78, 5) is 19.0. The van der Waals surface area contributed by atoms with Crippen molar-refractivity contribution in [1.82, 2.24) is 15.2 Å². The summed E-state index contributed by atoms with van der Waals surface area (Å²) in [5.74, 6) is 0.0575. The Hall–Kier alpha value is -2.74. The first kappa shape index (κ1) is 19.6. The Labute approximate surface area is 176 Å². The van der Waals surface area contributed by atoms with E-state index in [9.17, 15) is 9.18 Å². The molecule has 1 N–H and O–H groups in total. The van der Waals surface area contributed by atoms with Crippen molar-refractivity contribution in [2.75, 3.05) is 12.0 Å². The van der Waals surface area contributed by atoms with Gasteiger partial charge in [-0.2, -0.15) is 5.10 Å². The highest BCUT2D eigenvalue weighted by molar-refractivity contribution is 9.10. The van der Waals surface area contributed by atoms with Crippen molar-refractivity contribution in [3.8, 4) is 5.88 Å². The van der Waals surface area contributed by atoms with Crippen molar-refractivity contribution in [1.29, 1.82) is 0 Å². The average molecular weight is 459 g/mol. The molecule has 8 heteroatoms. The van der Waals surface area contributed by atoms with Gasteiger partial charge >= 0.3 is 0 Å². The maximum atomic E-state index is 15.0. The largest absolute Gasteiger partial charge is 0.481 e. The average Bonchev–Trinajstić information content (AvgIpc) is 3.22. The number of nitrogens with zero attached hydrogens (tertiary/aromatic N) is 3. The molecule has 4 rings (SSSR count). The van der Waals surface area contributed by atoms with E-state index in [2.05, 4.69) is 45.0 Å². The van der Waals surface area contributed by atoms with Gasteiger partial charge < -0.3 is 4.74 Å². The molecule has 3 heterocycles. The number of amides is 1. The highest BCUT2D eigenvalue weighted by Crippen LogP contribution is 2.44. The van der Waals surface area contributed by atoms with Crippen LogP contribution in [0.15, 0.2) is 41.0 Å². The van der Waals surface area contributed by atoms with E-state index in [1.54, 1.807) is 35.4 Å². The lowest BCUT2D eigenvalue weighted by molar-refractivity contribution is 0.0988. The molecule has 6 nitrogen and oxygen atoms in total. The summed E-state index contributed by atoms with van der Waals surface area (Å²) in [5, 5.41) is 7.26. The van der Waals surface area contributed by atoms with Crippen molar-refractivity contribution in [3.05, 3.63) is 69.3 Å². The first-order valence-electron chi connectivity index (χ1n) is 9.26. The molecule has 1 atom stereocenters. The lowest BCUT2D eigenvalue weighted by atomic mass is 9.95. The van der Waals surface area contributed by atoms with Crippen LogP contribution in [0.3, 0.4) is 0 Å². The number of benzene rings is 1. The summed E-state index contributed by atoms with van der Waals surface area (Å²) in [6.45, 7) is 4.16. The third kappa shape index (κ3) is 3.42. The summed E-state index contributed by atoms with van der Waals surface area (Å²) in [7, 11) is 1.51. The summed E-state index contributed by atoms with van der Waals surface area (Å²) >= 11 is 3.42. The van der Waals surface area contributed by atoms with Gasteiger partial charge in [0.2, 0.25) is 5.88 Å². The van der Waals surface area contributed by atoms with Gasteiger partial charge in [-0.05, 0) is 36.6 Å². The Morgan fingerprint density at radius 3 is 2.83 bits per heavy atom. The Morgan fingerprint density at radius 1 is 1.31 bits per heavy atom. The van der Waals surface area contributed by atoms with Crippen LogP contribution in [-0.2, 0) is 6.42 Å². The Kier molecular flexibility index (Phi) is 5.12. The first-order valence-corrected chi connectivity index (χ1v) is 10.1. The van der Waals surface area contributed by atoms with Gasteiger partial charge in [0.25, 0.3) is 5.91 Å². The molecule has 150 valence electrons. The molecule has 1 aromatic carbocycles. The van der Waals surface area contributed by atoms with Crippen molar-refractivity contribution in [2.24, 2.45) is 5.92 Å². The number of aromatic nitrogens is 3. The zero-order valence-electron chi connectivity index (χ0n) is 16.2. The van der Waals surface area contributed by atoms with Crippen LogP contribution in [0.1, 0.15) is 47.2 Å². The molecule has 29 heavy (non-hydrogen) atoms. The molecule has 1 aliphatic heterocycles. The van der Waals surface area contributed by atoms with Crippen LogP contribution in [0.2, 0.25) is 0 Å². The maximum absolute atomic E-state index is 15.0. The third-order valence-electron chi connectivity index (χ3n) is 4.91. The molecule has 0 radical (unpaired) electrons.